The van der Waals surface area contributed by atoms with E-state index in [4.69, 9.17) is 9.47 Å². The van der Waals surface area contributed by atoms with Crippen molar-refractivity contribution in [3.8, 4) is 11.5 Å². The first kappa shape index (κ1) is 21.5. The van der Waals surface area contributed by atoms with Crippen LogP contribution in [0.25, 0.3) is 0 Å². The van der Waals surface area contributed by atoms with E-state index in [1.54, 1.807) is 0 Å². The number of esters is 1. The Hall–Kier alpha value is -3.31. The fourth-order valence-corrected chi connectivity index (χ4v) is 5.40. The summed E-state index contributed by atoms with van der Waals surface area (Å²) in [5, 5.41) is 0. The standard InChI is InChI=1S/C28H30N2O3/c1-5-29(6-2)19(4)30(7-3)20-16-17-26-24(18-20)28(23-14-10-11-15-25(23)32-26)22-13-9-8-12-21(22)27(31)33-28/h8-19H,5-7H2,1-4H3. The maximum Gasteiger partial charge on any atom is 0.340 e. The third-order valence-electron chi connectivity index (χ3n) is 7.06. The van der Waals surface area contributed by atoms with Crippen LogP contribution in [0.4, 0.5) is 5.69 Å². The van der Waals surface area contributed by atoms with Gasteiger partial charge in [0, 0.05) is 28.9 Å². The minimum Gasteiger partial charge on any atom is -0.456 e. The van der Waals surface area contributed by atoms with Crippen LogP contribution in [0.2, 0.25) is 0 Å². The number of nitrogens with zero attached hydrogens (tertiary/aromatic N) is 2. The lowest BCUT2D eigenvalue weighted by Gasteiger charge is -2.40. The summed E-state index contributed by atoms with van der Waals surface area (Å²) in [6.45, 7) is 11.6. The van der Waals surface area contributed by atoms with Crippen LogP contribution < -0.4 is 9.64 Å². The van der Waals surface area contributed by atoms with E-state index in [1.165, 1.54) is 0 Å². The maximum absolute atomic E-state index is 13.0. The van der Waals surface area contributed by atoms with Gasteiger partial charge in [0.2, 0.25) is 0 Å². The molecule has 2 aliphatic rings. The van der Waals surface area contributed by atoms with Crippen molar-refractivity contribution >= 4 is 11.7 Å². The second kappa shape index (κ2) is 8.23. The third-order valence-corrected chi connectivity index (χ3v) is 7.06. The van der Waals surface area contributed by atoms with Gasteiger partial charge in [0.05, 0.1) is 11.7 Å². The average molecular weight is 443 g/mol. The normalized spacial score (nSPS) is 18.9. The molecule has 0 fully saturated rings. The predicted molar refractivity (Wildman–Crippen MR) is 130 cm³/mol. The van der Waals surface area contributed by atoms with Gasteiger partial charge < -0.3 is 14.4 Å². The van der Waals surface area contributed by atoms with E-state index in [9.17, 15) is 4.79 Å². The van der Waals surface area contributed by atoms with Crippen molar-refractivity contribution in [2.45, 2.75) is 39.5 Å². The molecule has 0 N–H and O–H groups in total. The molecule has 2 atom stereocenters. The Morgan fingerprint density at radius 2 is 1.48 bits per heavy atom. The largest absolute Gasteiger partial charge is 0.456 e. The Bertz CT molecular complexity index is 1200. The topological polar surface area (TPSA) is 42.0 Å². The lowest BCUT2D eigenvalue weighted by Crippen LogP contribution is -2.46. The number of hydrogen-bond acceptors (Lipinski definition) is 5. The summed E-state index contributed by atoms with van der Waals surface area (Å²) in [6, 6.07) is 21.8. The van der Waals surface area contributed by atoms with Crippen LogP contribution in [0.1, 0.15) is 54.7 Å². The molecule has 0 aromatic heterocycles. The number of rotatable bonds is 6. The van der Waals surface area contributed by atoms with E-state index < -0.39 is 5.60 Å². The monoisotopic (exact) mass is 442 g/mol. The van der Waals surface area contributed by atoms with Crippen LogP contribution in [0.5, 0.6) is 11.5 Å². The Labute approximate surface area is 195 Å². The molecule has 5 heteroatoms. The first-order valence-electron chi connectivity index (χ1n) is 11.8. The second-order valence-electron chi connectivity index (χ2n) is 8.53. The second-order valence-corrected chi connectivity index (χ2v) is 8.53. The fraction of sp³-hybridized carbons (Fsp3) is 0.321. The van der Waals surface area contributed by atoms with Gasteiger partial charge in [-0.25, -0.2) is 4.79 Å². The first-order chi connectivity index (χ1) is 16.0. The van der Waals surface area contributed by atoms with E-state index in [2.05, 4.69) is 49.6 Å². The summed E-state index contributed by atoms with van der Waals surface area (Å²) in [6.07, 6.45) is 0.231. The van der Waals surface area contributed by atoms with Gasteiger partial charge in [0.1, 0.15) is 11.5 Å². The zero-order chi connectivity index (χ0) is 23.2. The fourth-order valence-electron chi connectivity index (χ4n) is 5.40. The Kier molecular flexibility index (Phi) is 5.37. The number of para-hydroxylation sites is 1. The van der Waals surface area contributed by atoms with Crippen molar-refractivity contribution in [2.75, 3.05) is 24.5 Å². The number of benzene rings is 3. The molecule has 0 saturated carbocycles. The van der Waals surface area contributed by atoms with E-state index >= 15 is 0 Å². The summed E-state index contributed by atoms with van der Waals surface area (Å²) in [4.78, 5) is 17.8. The Balaban J connectivity index is 1.72. The number of carbonyl (C=O) groups is 1. The summed E-state index contributed by atoms with van der Waals surface area (Å²) >= 11 is 0. The minimum atomic E-state index is -1.02. The van der Waals surface area contributed by atoms with Crippen LogP contribution in [0.15, 0.2) is 66.7 Å². The molecular weight excluding hydrogens is 412 g/mol. The van der Waals surface area contributed by atoms with Crippen LogP contribution in [0.3, 0.4) is 0 Å². The molecule has 0 bridgehead atoms. The molecule has 2 heterocycles. The molecule has 33 heavy (non-hydrogen) atoms. The van der Waals surface area contributed by atoms with Crippen LogP contribution in [-0.4, -0.2) is 36.7 Å². The highest BCUT2D eigenvalue weighted by molar-refractivity contribution is 5.97. The van der Waals surface area contributed by atoms with Crippen molar-refractivity contribution in [3.63, 3.8) is 0 Å². The molecule has 0 radical (unpaired) electrons. The molecule has 2 aliphatic heterocycles. The number of carbonyl (C=O) groups excluding carboxylic acids is 1. The van der Waals surface area contributed by atoms with Gasteiger partial charge in [-0.3, -0.25) is 4.90 Å². The lowest BCUT2D eigenvalue weighted by atomic mass is 9.77. The first-order valence-corrected chi connectivity index (χ1v) is 11.8. The number of fused-ring (bicyclic) bond motifs is 6. The van der Waals surface area contributed by atoms with Gasteiger partial charge in [-0.1, -0.05) is 50.2 Å². The molecule has 1 spiro atoms. The van der Waals surface area contributed by atoms with Gasteiger partial charge in [-0.2, -0.15) is 0 Å². The van der Waals surface area contributed by atoms with Gasteiger partial charge in [0.15, 0.2) is 5.60 Å². The van der Waals surface area contributed by atoms with Crippen LogP contribution >= 0.6 is 0 Å². The molecule has 0 saturated heterocycles. The summed E-state index contributed by atoms with van der Waals surface area (Å²) in [5.74, 6) is 1.13. The van der Waals surface area contributed by atoms with Crippen molar-refractivity contribution in [1.82, 2.24) is 4.90 Å². The van der Waals surface area contributed by atoms with E-state index in [1.807, 2.05) is 54.6 Å². The summed E-state index contributed by atoms with van der Waals surface area (Å²) in [5.41, 5.74) is 3.25. The highest BCUT2D eigenvalue weighted by Crippen LogP contribution is 2.56. The van der Waals surface area contributed by atoms with Crippen LogP contribution in [0, 0.1) is 0 Å². The Morgan fingerprint density at radius 1 is 0.818 bits per heavy atom. The van der Waals surface area contributed by atoms with Gasteiger partial charge >= 0.3 is 5.97 Å². The molecule has 5 nitrogen and oxygen atoms in total. The number of anilines is 1. The quantitative estimate of drug-likeness (QED) is 0.358. The van der Waals surface area contributed by atoms with Crippen molar-refractivity contribution in [2.24, 2.45) is 0 Å². The molecule has 3 aromatic carbocycles. The molecule has 5 rings (SSSR count). The number of ether oxygens (including phenoxy) is 2. The minimum absolute atomic E-state index is 0.231. The van der Waals surface area contributed by atoms with Crippen molar-refractivity contribution in [3.05, 3.63) is 89.0 Å². The van der Waals surface area contributed by atoms with Gasteiger partial charge in [-0.15, -0.1) is 0 Å². The number of hydrogen-bond donors (Lipinski definition) is 0. The molecule has 2 unspecified atom stereocenters. The zero-order valence-electron chi connectivity index (χ0n) is 19.7. The molecule has 3 aromatic rings. The molecular formula is C28H30N2O3. The SMILES string of the molecule is CCN(CC)C(C)N(CC)c1ccc2c(c1)C1(OC(=O)c3ccccc31)c1ccccc1O2. The summed E-state index contributed by atoms with van der Waals surface area (Å²) in [7, 11) is 0. The Morgan fingerprint density at radius 3 is 2.21 bits per heavy atom. The van der Waals surface area contributed by atoms with Gasteiger partial charge in [0.25, 0.3) is 0 Å². The maximum atomic E-state index is 13.0. The molecule has 0 amide bonds. The summed E-state index contributed by atoms with van der Waals surface area (Å²) < 4.78 is 12.6. The zero-order valence-corrected chi connectivity index (χ0v) is 19.7. The van der Waals surface area contributed by atoms with Crippen LogP contribution in [-0.2, 0) is 10.3 Å². The smallest absolute Gasteiger partial charge is 0.340 e. The predicted octanol–water partition coefficient (Wildman–Crippen LogP) is 5.77. The van der Waals surface area contributed by atoms with E-state index in [-0.39, 0.29) is 12.1 Å². The highest BCUT2D eigenvalue weighted by Gasteiger charge is 2.53. The van der Waals surface area contributed by atoms with Crippen molar-refractivity contribution < 1.29 is 14.3 Å². The van der Waals surface area contributed by atoms with E-state index in [0.29, 0.717) is 17.1 Å². The lowest BCUT2D eigenvalue weighted by molar-refractivity contribution is 0.0224. The highest BCUT2D eigenvalue weighted by atomic mass is 16.6. The van der Waals surface area contributed by atoms with Crippen molar-refractivity contribution in [1.29, 1.82) is 0 Å². The average Bonchev–Trinajstić information content (AvgIpc) is 3.14. The third kappa shape index (κ3) is 3.14. The van der Waals surface area contributed by atoms with E-state index in [0.717, 1.165) is 42.0 Å². The molecule has 0 aliphatic carbocycles. The molecule has 170 valence electrons. The van der Waals surface area contributed by atoms with Gasteiger partial charge in [-0.05, 0) is 57.3 Å².